The number of pyridine rings is 1. The van der Waals surface area contributed by atoms with Crippen LogP contribution in [-0.4, -0.2) is 40.6 Å². The second-order valence-electron chi connectivity index (χ2n) is 8.22. The topological polar surface area (TPSA) is 65.5 Å². The van der Waals surface area contributed by atoms with Crippen LogP contribution in [-0.2, 0) is 25.9 Å². The van der Waals surface area contributed by atoms with Crippen molar-refractivity contribution in [2.24, 2.45) is 5.41 Å². The normalized spacial score (nSPS) is 18.4. The maximum Gasteiger partial charge on any atom is 0.252 e. The number of nitrogens with zero attached hydrogens (tertiary/aromatic N) is 2. The Balaban J connectivity index is 1.36. The maximum atomic E-state index is 12.7. The number of hydrogen-bond donors (Lipinski definition) is 2. The highest BCUT2D eigenvalue weighted by Gasteiger charge is 2.36. The average molecular weight is 400 g/mol. The summed E-state index contributed by atoms with van der Waals surface area (Å²) in [6.45, 7) is 5.56. The van der Waals surface area contributed by atoms with Gasteiger partial charge in [0.15, 0.2) is 0 Å². The number of carbonyl (C=O) groups is 1. The number of fused-ring (bicyclic) bond motifs is 1. The van der Waals surface area contributed by atoms with Crippen molar-refractivity contribution in [2.75, 3.05) is 19.7 Å². The van der Waals surface area contributed by atoms with Gasteiger partial charge in [0, 0.05) is 48.0 Å². The zero-order chi connectivity index (χ0) is 19.6. The summed E-state index contributed by atoms with van der Waals surface area (Å²) in [4.78, 5) is 21.0. The van der Waals surface area contributed by atoms with E-state index in [-0.39, 0.29) is 17.9 Å². The first kappa shape index (κ1) is 19.6. The van der Waals surface area contributed by atoms with Crippen LogP contribution in [0.5, 0.6) is 0 Å². The Morgan fingerprint density at radius 3 is 2.89 bits per heavy atom. The van der Waals surface area contributed by atoms with Crippen LogP contribution >= 0.6 is 11.3 Å². The van der Waals surface area contributed by atoms with E-state index in [0.717, 1.165) is 63.0 Å². The van der Waals surface area contributed by atoms with Crippen LogP contribution in [0.2, 0.25) is 0 Å². The fourth-order valence-electron chi connectivity index (χ4n) is 4.12. The zero-order valence-corrected chi connectivity index (χ0v) is 17.4. The second-order valence-corrected chi connectivity index (χ2v) is 9.18. The molecule has 4 rings (SSSR count). The lowest BCUT2D eigenvalue weighted by atomic mass is 9.69. The molecule has 0 spiro atoms. The van der Waals surface area contributed by atoms with E-state index in [4.69, 9.17) is 0 Å². The third-order valence-electron chi connectivity index (χ3n) is 6.32. The summed E-state index contributed by atoms with van der Waals surface area (Å²) in [6.07, 6.45) is 7.05. The van der Waals surface area contributed by atoms with Crippen molar-refractivity contribution in [1.82, 2.24) is 15.2 Å². The van der Waals surface area contributed by atoms with E-state index in [1.165, 1.54) is 16.0 Å². The molecule has 0 aromatic carbocycles. The van der Waals surface area contributed by atoms with E-state index in [1.807, 2.05) is 11.6 Å². The third kappa shape index (κ3) is 4.00. The van der Waals surface area contributed by atoms with Crippen molar-refractivity contribution in [2.45, 2.75) is 52.1 Å². The molecule has 2 aliphatic rings. The van der Waals surface area contributed by atoms with E-state index in [9.17, 15) is 9.90 Å². The second kappa shape index (κ2) is 8.31. The molecular weight excluding hydrogens is 370 g/mol. The van der Waals surface area contributed by atoms with Gasteiger partial charge in [-0.3, -0.25) is 14.7 Å². The molecular formula is C22H29N3O2S. The first-order chi connectivity index (χ1) is 13.6. The Morgan fingerprint density at radius 1 is 1.39 bits per heavy atom. The summed E-state index contributed by atoms with van der Waals surface area (Å²) < 4.78 is 0. The first-order valence-electron chi connectivity index (χ1n) is 10.3. The number of hydrogen-bond acceptors (Lipinski definition) is 5. The highest BCUT2D eigenvalue weighted by molar-refractivity contribution is 7.10. The van der Waals surface area contributed by atoms with Gasteiger partial charge in [-0.25, -0.2) is 0 Å². The Morgan fingerprint density at radius 2 is 2.25 bits per heavy atom. The molecule has 1 amide bonds. The van der Waals surface area contributed by atoms with Gasteiger partial charge in [-0.1, -0.05) is 19.4 Å². The van der Waals surface area contributed by atoms with Crippen LogP contribution in [0.4, 0.5) is 0 Å². The lowest BCUT2D eigenvalue weighted by Gasteiger charge is -2.40. The number of aliphatic hydroxyl groups excluding tert-OH is 1. The summed E-state index contributed by atoms with van der Waals surface area (Å²) >= 11 is 1.69. The monoisotopic (exact) mass is 399 g/mol. The number of aryl methyl sites for hydroxylation is 1. The predicted molar refractivity (Wildman–Crippen MR) is 111 cm³/mol. The summed E-state index contributed by atoms with van der Waals surface area (Å²) in [5, 5.41) is 14.7. The zero-order valence-electron chi connectivity index (χ0n) is 16.5. The molecule has 3 heterocycles. The van der Waals surface area contributed by atoms with Gasteiger partial charge in [0.2, 0.25) is 0 Å². The SMILES string of the molecule is CCc1ccc(CN2CCc3c(C(=O)NCC4(CO)CCC4)csc3C2)nc1. The fraction of sp³-hybridized carbons (Fsp3) is 0.545. The average Bonchev–Trinajstić information content (AvgIpc) is 3.11. The quantitative estimate of drug-likeness (QED) is 0.751. The summed E-state index contributed by atoms with van der Waals surface area (Å²) in [6, 6.07) is 4.28. The van der Waals surface area contributed by atoms with E-state index in [2.05, 4.69) is 34.3 Å². The van der Waals surface area contributed by atoms with Crippen LogP contribution in [0.1, 0.15) is 58.2 Å². The molecule has 28 heavy (non-hydrogen) atoms. The van der Waals surface area contributed by atoms with Crippen LogP contribution in [0.15, 0.2) is 23.7 Å². The Bertz CT molecular complexity index is 821. The van der Waals surface area contributed by atoms with Gasteiger partial charge in [-0.2, -0.15) is 0 Å². The summed E-state index contributed by atoms with van der Waals surface area (Å²) in [7, 11) is 0. The maximum absolute atomic E-state index is 12.7. The Kier molecular flexibility index (Phi) is 5.80. The van der Waals surface area contributed by atoms with Crippen LogP contribution in [0.25, 0.3) is 0 Å². The predicted octanol–water partition coefficient (Wildman–Crippen LogP) is 3.16. The molecule has 0 saturated heterocycles. The molecule has 1 fully saturated rings. The van der Waals surface area contributed by atoms with Crippen molar-refractivity contribution in [3.8, 4) is 0 Å². The molecule has 5 nitrogen and oxygen atoms in total. The number of aromatic nitrogens is 1. The molecule has 1 aliphatic carbocycles. The summed E-state index contributed by atoms with van der Waals surface area (Å²) in [5.74, 6) is 0.0162. The number of nitrogens with one attached hydrogen (secondary N) is 1. The van der Waals surface area contributed by atoms with E-state index in [0.29, 0.717) is 6.54 Å². The van der Waals surface area contributed by atoms with Gasteiger partial charge in [0.25, 0.3) is 5.91 Å². The molecule has 1 saturated carbocycles. The van der Waals surface area contributed by atoms with E-state index >= 15 is 0 Å². The largest absolute Gasteiger partial charge is 0.396 e. The van der Waals surface area contributed by atoms with Gasteiger partial charge in [0.1, 0.15) is 0 Å². The number of aliphatic hydroxyl groups is 1. The Hall–Kier alpha value is -1.76. The molecule has 1 aliphatic heterocycles. The minimum Gasteiger partial charge on any atom is -0.396 e. The molecule has 0 unspecified atom stereocenters. The smallest absolute Gasteiger partial charge is 0.252 e. The van der Waals surface area contributed by atoms with Crippen LogP contribution in [0.3, 0.4) is 0 Å². The van der Waals surface area contributed by atoms with Crippen molar-refractivity contribution >= 4 is 17.2 Å². The highest BCUT2D eigenvalue weighted by atomic mass is 32.1. The number of rotatable bonds is 7. The van der Waals surface area contributed by atoms with Gasteiger partial charge < -0.3 is 10.4 Å². The van der Waals surface area contributed by atoms with Gasteiger partial charge in [0.05, 0.1) is 17.9 Å². The lowest BCUT2D eigenvalue weighted by molar-refractivity contribution is 0.0428. The van der Waals surface area contributed by atoms with Crippen LogP contribution in [0, 0.1) is 5.41 Å². The highest BCUT2D eigenvalue weighted by Crippen LogP contribution is 2.39. The molecule has 0 radical (unpaired) electrons. The van der Waals surface area contributed by atoms with Gasteiger partial charge >= 0.3 is 0 Å². The molecule has 6 heteroatoms. The minimum absolute atomic E-state index is 0.0162. The lowest BCUT2D eigenvalue weighted by Crippen LogP contribution is -2.44. The van der Waals surface area contributed by atoms with Crippen molar-refractivity contribution < 1.29 is 9.90 Å². The van der Waals surface area contributed by atoms with Crippen molar-refractivity contribution in [3.05, 3.63) is 51.0 Å². The molecule has 2 aromatic heterocycles. The molecule has 150 valence electrons. The Labute approximate surface area is 170 Å². The summed E-state index contributed by atoms with van der Waals surface area (Å²) in [5.41, 5.74) is 4.33. The number of thiophene rings is 1. The fourth-order valence-corrected chi connectivity index (χ4v) is 5.25. The molecule has 2 aromatic rings. The van der Waals surface area contributed by atoms with Crippen molar-refractivity contribution in [1.29, 1.82) is 0 Å². The molecule has 2 N–H and O–H groups in total. The molecule has 0 atom stereocenters. The van der Waals surface area contributed by atoms with E-state index < -0.39 is 0 Å². The van der Waals surface area contributed by atoms with Gasteiger partial charge in [-0.15, -0.1) is 11.3 Å². The van der Waals surface area contributed by atoms with E-state index in [1.54, 1.807) is 11.3 Å². The molecule has 0 bridgehead atoms. The standard InChI is InChI=1S/C22H29N3O2S/c1-2-16-4-5-17(23-10-16)11-25-9-6-18-19(13-28-20(18)12-25)21(27)24-14-22(15-26)7-3-8-22/h4-5,10,13,26H,2-3,6-9,11-12,14-15H2,1H3,(H,24,27). The first-order valence-corrected chi connectivity index (χ1v) is 11.1. The number of carbonyl (C=O) groups excluding carboxylic acids is 1. The van der Waals surface area contributed by atoms with Crippen molar-refractivity contribution in [3.63, 3.8) is 0 Å². The van der Waals surface area contributed by atoms with Crippen LogP contribution < -0.4 is 5.32 Å². The third-order valence-corrected chi connectivity index (χ3v) is 7.34. The number of amides is 1. The van der Waals surface area contributed by atoms with Gasteiger partial charge in [-0.05, 0) is 42.9 Å². The minimum atomic E-state index is -0.0805.